The van der Waals surface area contributed by atoms with Crippen molar-refractivity contribution in [3.8, 4) is 42.0 Å². The van der Waals surface area contributed by atoms with Crippen molar-refractivity contribution < 1.29 is 0 Å². The monoisotopic (exact) mass is 578 g/mol. The molecule has 0 aliphatic heterocycles. The predicted molar refractivity (Wildman–Crippen MR) is 177 cm³/mol. The lowest BCUT2D eigenvalue weighted by molar-refractivity contribution is 0.517. The van der Waals surface area contributed by atoms with E-state index in [0.717, 1.165) is 46.4 Å². The van der Waals surface area contributed by atoms with E-state index in [9.17, 15) is 0 Å². The van der Waals surface area contributed by atoms with Crippen molar-refractivity contribution in [2.45, 2.75) is 58.8 Å². The number of hydrogen-bond acceptors (Lipinski definition) is 5. The van der Waals surface area contributed by atoms with Gasteiger partial charge in [-0.3, -0.25) is 0 Å². The van der Waals surface area contributed by atoms with Crippen LogP contribution in [-0.4, -0.2) is 9.97 Å². The Bertz CT molecular complexity index is 1760. The molecule has 0 aliphatic carbocycles. The molecule has 2 aromatic carbocycles. The van der Waals surface area contributed by atoms with Crippen molar-refractivity contribution in [1.29, 1.82) is 0 Å². The number of thiophene rings is 3. The summed E-state index contributed by atoms with van der Waals surface area (Å²) in [5.41, 5.74) is 6.19. The zero-order valence-corrected chi connectivity index (χ0v) is 26.1. The fourth-order valence-electron chi connectivity index (χ4n) is 4.82. The lowest BCUT2D eigenvalue weighted by atomic mass is 9.89. The van der Waals surface area contributed by atoms with E-state index in [1.165, 1.54) is 29.3 Å². The van der Waals surface area contributed by atoms with Crippen LogP contribution in [-0.2, 0) is 5.41 Å². The molecule has 202 valence electrons. The Morgan fingerprint density at radius 1 is 0.650 bits per heavy atom. The van der Waals surface area contributed by atoms with Crippen molar-refractivity contribution in [2.24, 2.45) is 0 Å². The number of fused-ring (bicyclic) bond motifs is 1. The summed E-state index contributed by atoms with van der Waals surface area (Å²) >= 11 is 5.65. The number of hydrogen-bond donors (Lipinski definition) is 0. The molecule has 40 heavy (non-hydrogen) atoms. The molecule has 0 radical (unpaired) electrons. The maximum Gasteiger partial charge on any atom is 0.110 e. The van der Waals surface area contributed by atoms with Crippen molar-refractivity contribution in [2.75, 3.05) is 0 Å². The summed E-state index contributed by atoms with van der Waals surface area (Å²) in [5, 5.41) is 0. The van der Waals surface area contributed by atoms with Crippen LogP contribution in [0.5, 0.6) is 0 Å². The Balaban J connectivity index is 1.64. The molecule has 5 heteroatoms. The Kier molecular flexibility index (Phi) is 7.47. The topological polar surface area (TPSA) is 25.8 Å². The molecule has 0 saturated carbocycles. The van der Waals surface area contributed by atoms with Crippen LogP contribution in [0.4, 0.5) is 0 Å². The molecule has 1 atom stereocenters. The van der Waals surface area contributed by atoms with E-state index in [-0.39, 0.29) is 5.41 Å². The molecule has 1 unspecified atom stereocenters. The summed E-state index contributed by atoms with van der Waals surface area (Å²) in [6.45, 7) is 11.5. The van der Waals surface area contributed by atoms with Gasteiger partial charge in [-0.05, 0) is 48.4 Å². The molecule has 6 aromatic rings. The Labute approximate surface area is 249 Å². The average molecular weight is 579 g/mol. The zero-order chi connectivity index (χ0) is 27.9. The minimum absolute atomic E-state index is 0.152. The van der Waals surface area contributed by atoms with Gasteiger partial charge in [-0.15, -0.1) is 34.0 Å². The van der Waals surface area contributed by atoms with Crippen LogP contribution < -0.4 is 0 Å². The van der Waals surface area contributed by atoms with E-state index in [1.807, 2.05) is 34.0 Å². The maximum absolute atomic E-state index is 5.45. The van der Waals surface area contributed by atoms with Crippen molar-refractivity contribution in [3.05, 3.63) is 94.7 Å². The first-order chi connectivity index (χ1) is 19.4. The van der Waals surface area contributed by atoms with Gasteiger partial charge in [0.05, 0.1) is 21.1 Å². The van der Waals surface area contributed by atoms with Gasteiger partial charge in [-0.25, -0.2) is 9.97 Å². The zero-order valence-electron chi connectivity index (χ0n) is 23.7. The minimum atomic E-state index is 0.152. The van der Waals surface area contributed by atoms with Gasteiger partial charge in [0.15, 0.2) is 0 Å². The van der Waals surface area contributed by atoms with Gasteiger partial charge in [0.2, 0.25) is 0 Å². The van der Waals surface area contributed by atoms with Gasteiger partial charge in [0.25, 0.3) is 0 Å². The first kappa shape index (κ1) is 27.1. The lowest BCUT2D eigenvalue weighted by Crippen LogP contribution is -2.12. The molecular weight excluding hydrogens is 545 g/mol. The van der Waals surface area contributed by atoms with Gasteiger partial charge in [-0.2, -0.15) is 0 Å². The smallest absolute Gasteiger partial charge is 0.110 e. The molecule has 0 bridgehead atoms. The van der Waals surface area contributed by atoms with E-state index in [4.69, 9.17) is 9.97 Å². The summed E-state index contributed by atoms with van der Waals surface area (Å²) in [6, 6.07) is 30.2. The summed E-state index contributed by atoms with van der Waals surface area (Å²) in [5.74, 6) is 0.552. The van der Waals surface area contributed by atoms with E-state index in [0.29, 0.717) is 5.92 Å². The minimum Gasteiger partial charge on any atom is -0.242 e. The van der Waals surface area contributed by atoms with Gasteiger partial charge in [0, 0.05) is 30.6 Å². The largest absolute Gasteiger partial charge is 0.242 e. The molecule has 0 N–H and O–H groups in total. The molecule has 6 rings (SSSR count). The first-order valence-electron chi connectivity index (χ1n) is 14.1. The second-order valence-electron chi connectivity index (χ2n) is 11.0. The highest BCUT2D eigenvalue weighted by Gasteiger charge is 2.26. The predicted octanol–water partition coefficient (Wildman–Crippen LogP) is 11.7. The highest BCUT2D eigenvalue weighted by atomic mass is 32.1. The molecule has 0 fully saturated rings. The number of benzene rings is 2. The molecule has 0 spiro atoms. The van der Waals surface area contributed by atoms with Crippen LogP contribution in [0, 0.1) is 0 Å². The number of aromatic nitrogens is 2. The number of nitrogens with zero attached hydrogens (tertiary/aromatic N) is 2. The quantitative estimate of drug-likeness (QED) is 0.179. The third-order valence-corrected chi connectivity index (χ3v) is 12.3. The SMILES string of the molecule is CCC(C)c1ccc(-c2sc(-c3ccc(C(C)(C)CC)s3)c3nc(-c4ccccc4)c(-c4ccccc4)nc23)s1. The average Bonchev–Trinajstić information content (AvgIpc) is 3.76. The highest BCUT2D eigenvalue weighted by molar-refractivity contribution is 7.28. The summed E-state index contributed by atoms with van der Waals surface area (Å²) in [4.78, 5) is 18.7. The maximum atomic E-state index is 5.45. The van der Waals surface area contributed by atoms with Crippen LogP contribution in [0.2, 0.25) is 0 Å². The molecule has 0 saturated heterocycles. The van der Waals surface area contributed by atoms with Gasteiger partial charge in [0.1, 0.15) is 11.0 Å². The first-order valence-corrected chi connectivity index (χ1v) is 16.5. The Morgan fingerprint density at radius 2 is 1.18 bits per heavy atom. The summed E-state index contributed by atoms with van der Waals surface area (Å²) < 4.78 is 0. The van der Waals surface area contributed by atoms with Crippen LogP contribution in [0.25, 0.3) is 53.1 Å². The third-order valence-electron chi connectivity index (χ3n) is 7.95. The molecule has 4 heterocycles. The van der Waals surface area contributed by atoms with E-state index in [2.05, 4.69) is 120 Å². The normalized spacial score (nSPS) is 12.7. The fraction of sp³-hybridized carbons (Fsp3) is 0.257. The van der Waals surface area contributed by atoms with Crippen LogP contribution >= 0.6 is 34.0 Å². The molecule has 0 amide bonds. The molecular formula is C35H34N2S3. The van der Waals surface area contributed by atoms with Crippen molar-refractivity contribution in [1.82, 2.24) is 9.97 Å². The second kappa shape index (κ2) is 11.0. The van der Waals surface area contributed by atoms with Gasteiger partial charge in [-0.1, -0.05) is 95.3 Å². The van der Waals surface area contributed by atoms with E-state index in [1.54, 1.807) is 0 Å². The van der Waals surface area contributed by atoms with Gasteiger partial charge < -0.3 is 0 Å². The molecule has 0 aliphatic rings. The molecule has 2 nitrogen and oxygen atoms in total. The summed E-state index contributed by atoms with van der Waals surface area (Å²) in [7, 11) is 0. The highest BCUT2D eigenvalue weighted by Crippen LogP contribution is 2.49. The van der Waals surface area contributed by atoms with Crippen molar-refractivity contribution in [3.63, 3.8) is 0 Å². The Hall–Kier alpha value is -3.12. The Morgan fingerprint density at radius 3 is 1.70 bits per heavy atom. The summed E-state index contributed by atoms with van der Waals surface area (Å²) in [6.07, 6.45) is 2.25. The number of rotatable bonds is 8. The van der Waals surface area contributed by atoms with Crippen LogP contribution in [0.3, 0.4) is 0 Å². The lowest BCUT2D eigenvalue weighted by Gasteiger charge is -2.20. The van der Waals surface area contributed by atoms with E-state index >= 15 is 0 Å². The second-order valence-corrected chi connectivity index (χ2v) is 14.2. The van der Waals surface area contributed by atoms with Gasteiger partial charge >= 0.3 is 0 Å². The molecule has 4 aromatic heterocycles. The standard InChI is InChI=1S/C35H34N2S3/c1-6-22(3)25-18-19-26(38-25)33-31-32(34(40-33)27-20-21-28(39-27)35(4,5)7-2)37-30(24-16-12-9-13-17-24)29(36-31)23-14-10-8-11-15-23/h8-22H,6-7H2,1-5H3. The van der Waals surface area contributed by atoms with Crippen LogP contribution in [0.1, 0.15) is 63.1 Å². The fourth-order valence-corrected chi connectivity index (χ4v) is 8.54. The van der Waals surface area contributed by atoms with Crippen molar-refractivity contribution >= 4 is 45.0 Å². The van der Waals surface area contributed by atoms with E-state index < -0.39 is 0 Å². The van der Waals surface area contributed by atoms with Crippen LogP contribution in [0.15, 0.2) is 84.9 Å². The third kappa shape index (κ3) is 4.96.